The van der Waals surface area contributed by atoms with Gasteiger partial charge in [0.15, 0.2) is 0 Å². The molecule has 0 radical (unpaired) electrons. The van der Waals surface area contributed by atoms with Crippen molar-refractivity contribution in [3.8, 4) is 0 Å². The summed E-state index contributed by atoms with van der Waals surface area (Å²) in [5, 5.41) is -0.0520. The van der Waals surface area contributed by atoms with E-state index in [1.807, 2.05) is 0 Å². The third-order valence-electron chi connectivity index (χ3n) is 6.34. The molecular weight excluding hydrogens is 316 g/mol. The molecule has 26 heavy (non-hydrogen) atoms. The highest BCUT2D eigenvalue weighted by Crippen LogP contribution is 2.42. The Hall–Kier alpha value is -0.835. The summed E-state index contributed by atoms with van der Waals surface area (Å²) in [5.41, 5.74) is 2.02. The van der Waals surface area contributed by atoms with E-state index in [2.05, 4.69) is 100 Å². The first kappa shape index (κ1) is 19.9. The van der Waals surface area contributed by atoms with E-state index in [0.717, 1.165) is 13.0 Å². The highest BCUT2D eigenvalue weighted by atomic mass is 16.7. The fourth-order valence-electron chi connectivity index (χ4n) is 4.29. The number of nitrogens with zero attached hydrogens (tertiary/aromatic N) is 1. The van der Waals surface area contributed by atoms with Crippen LogP contribution in [-0.2, 0) is 15.9 Å². The van der Waals surface area contributed by atoms with Gasteiger partial charge in [0.2, 0.25) is 0 Å². The van der Waals surface area contributed by atoms with Gasteiger partial charge in [0.05, 0.1) is 11.2 Å². The molecule has 1 aromatic rings. The van der Waals surface area contributed by atoms with Gasteiger partial charge in [-0.2, -0.15) is 0 Å². The third-order valence-corrected chi connectivity index (χ3v) is 6.34. The molecule has 0 aliphatic carbocycles. The van der Waals surface area contributed by atoms with Crippen molar-refractivity contribution in [1.29, 1.82) is 0 Å². The molecule has 2 aliphatic rings. The van der Waals surface area contributed by atoms with Crippen molar-refractivity contribution in [2.75, 3.05) is 0 Å². The quantitative estimate of drug-likeness (QED) is 0.675. The van der Waals surface area contributed by atoms with Crippen LogP contribution in [0.1, 0.15) is 39.7 Å². The monoisotopic (exact) mass is 347 g/mol. The lowest BCUT2D eigenvalue weighted by Crippen LogP contribution is -2.64. The summed E-state index contributed by atoms with van der Waals surface area (Å²) in [6.45, 7) is 9.42. The zero-order valence-corrected chi connectivity index (χ0v) is 17.7. The Kier molecular flexibility index (Phi) is 4.87. The van der Waals surface area contributed by atoms with Gasteiger partial charge in [0, 0.05) is 6.54 Å². The normalized spacial score (nSPS) is 26.5. The molecule has 134 valence electrons. The van der Waals surface area contributed by atoms with Crippen molar-refractivity contribution in [1.82, 2.24) is 4.90 Å². The fourth-order valence-corrected chi connectivity index (χ4v) is 4.29. The molecule has 0 N–H and O–H groups in total. The summed E-state index contributed by atoms with van der Waals surface area (Å²) in [6, 6.07) is 10.7. The Morgan fingerprint density at radius 3 is 2.00 bits per heavy atom. The molecular formula is C18H30B5NO2. The van der Waals surface area contributed by atoms with Crippen molar-refractivity contribution in [3.05, 3.63) is 47.4 Å². The average Bonchev–Trinajstić information content (AvgIpc) is 2.72. The number of hydrogen-bond acceptors (Lipinski definition) is 3. The van der Waals surface area contributed by atoms with Gasteiger partial charge in [-0.3, -0.25) is 0 Å². The second-order valence-electron chi connectivity index (χ2n) is 10.0. The van der Waals surface area contributed by atoms with Gasteiger partial charge in [-0.1, -0.05) is 36.4 Å². The second-order valence-corrected chi connectivity index (χ2v) is 10.0. The van der Waals surface area contributed by atoms with Crippen molar-refractivity contribution in [2.45, 2.75) is 62.5 Å². The summed E-state index contributed by atoms with van der Waals surface area (Å²) in [6.07, 6.45) is 3.31. The van der Waals surface area contributed by atoms with E-state index in [1.54, 1.807) is 0 Å². The molecule has 2 heterocycles. The van der Waals surface area contributed by atoms with Gasteiger partial charge < -0.3 is 14.2 Å². The first-order valence-electron chi connectivity index (χ1n) is 9.73. The average molecular weight is 347 g/mol. The van der Waals surface area contributed by atoms with Crippen LogP contribution >= 0.6 is 0 Å². The van der Waals surface area contributed by atoms with E-state index in [0.29, 0.717) is 0 Å². The molecule has 1 saturated heterocycles. The van der Waals surface area contributed by atoms with E-state index in [9.17, 15) is 0 Å². The van der Waals surface area contributed by atoms with Crippen LogP contribution in [0.2, 0.25) is 0 Å². The number of hydrogen-bond donors (Lipinski definition) is 0. The Balaban J connectivity index is 1.88. The molecule has 0 atom stereocenters. The molecule has 0 spiro atoms. The minimum Gasteiger partial charge on any atom is -0.400 e. The van der Waals surface area contributed by atoms with E-state index < -0.39 is 0 Å². The number of benzene rings is 1. The van der Waals surface area contributed by atoms with Crippen LogP contribution in [-0.4, -0.2) is 65.3 Å². The summed E-state index contributed by atoms with van der Waals surface area (Å²) < 4.78 is 12.7. The Labute approximate surface area is 163 Å². The molecule has 0 bridgehead atoms. The first-order valence-corrected chi connectivity index (χ1v) is 9.73. The molecule has 0 unspecified atom stereocenters. The lowest BCUT2D eigenvalue weighted by molar-refractivity contribution is 0.00578. The smallest absolute Gasteiger partial charge is 0.400 e. The zero-order chi connectivity index (χ0) is 19.4. The SMILES string of the molecule is BC1(B)C=C(B2OC(C)(C)C(C)(C)O2)CC(B)(B)N1Cc1ccccc1. The highest BCUT2D eigenvalue weighted by Gasteiger charge is 2.54. The van der Waals surface area contributed by atoms with Crippen LogP contribution in [0.5, 0.6) is 0 Å². The van der Waals surface area contributed by atoms with Crippen LogP contribution in [0.4, 0.5) is 0 Å². The van der Waals surface area contributed by atoms with Gasteiger partial charge in [0.25, 0.3) is 0 Å². The minimum absolute atomic E-state index is 0.0209. The lowest BCUT2D eigenvalue weighted by atomic mass is 9.45. The largest absolute Gasteiger partial charge is 0.490 e. The van der Waals surface area contributed by atoms with E-state index >= 15 is 0 Å². The number of rotatable bonds is 3. The van der Waals surface area contributed by atoms with E-state index in [4.69, 9.17) is 9.31 Å². The molecule has 0 amide bonds. The minimum atomic E-state index is -0.298. The van der Waals surface area contributed by atoms with Gasteiger partial charge in [-0.15, -0.1) is 0 Å². The van der Waals surface area contributed by atoms with Crippen molar-refractivity contribution < 1.29 is 9.31 Å². The predicted octanol–water partition coefficient (Wildman–Crippen LogP) is -0.710. The maximum Gasteiger partial charge on any atom is 0.490 e. The zero-order valence-electron chi connectivity index (χ0n) is 17.7. The summed E-state index contributed by atoms with van der Waals surface area (Å²) in [7, 11) is 8.99. The van der Waals surface area contributed by atoms with Gasteiger partial charge in [0.1, 0.15) is 31.4 Å². The van der Waals surface area contributed by atoms with Crippen molar-refractivity contribution in [2.24, 2.45) is 0 Å². The lowest BCUT2D eigenvalue weighted by Gasteiger charge is -2.53. The van der Waals surface area contributed by atoms with Crippen LogP contribution in [0.3, 0.4) is 0 Å². The Morgan fingerprint density at radius 1 is 0.962 bits per heavy atom. The maximum absolute atomic E-state index is 6.33. The van der Waals surface area contributed by atoms with Crippen LogP contribution in [0.15, 0.2) is 41.9 Å². The first-order chi connectivity index (χ1) is 11.8. The molecule has 8 heteroatoms. The molecule has 3 rings (SSSR count). The Bertz CT molecular complexity index is 687. The molecule has 1 fully saturated rings. The fraction of sp³-hybridized carbons (Fsp3) is 0.556. The summed E-state index contributed by atoms with van der Waals surface area (Å²) in [4.78, 5) is 2.59. The second kappa shape index (κ2) is 6.36. The van der Waals surface area contributed by atoms with Crippen molar-refractivity contribution in [3.63, 3.8) is 0 Å². The topological polar surface area (TPSA) is 21.7 Å². The van der Waals surface area contributed by atoms with Crippen LogP contribution < -0.4 is 0 Å². The van der Waals surface area contributed by atoms with Gasteiger partial charge >= 0.3 is 7.12 Å². The summed E-state index contributed by atoms with van der Waals surface area (Å²) in [5.74, 6) is 0. The predicted molar refractivity (Wildman–Crippen MR) is 120 cm³/mol. The standard InChI is InChI=1S/C18H30B5NO2/c1-15(2)16(3,4)26-23(25-15)14-10-17(19,20)24(18(21,22)11-14)12-13-8-6-5-7-9-13/h5-10H,11-12,19-22H2,1-4H3. The third kappa shape index (κ3) is 3.61. The molecule has 0 saturated carbocycles. The van der Waals surface area contributed by atoms with Gasteiger partial charge in [-0.05, 0) is 55.8 Å². The highest BCUT2D eigenvalue weighted by molar-refractivity contribution is 6.57. The van der Waals surface area contributed by atoms with Crippen LogP contribution in [0, 0.1) is 0 Å². The molecule has 1 aromatic carbocycles. The van der Waals surface area contributed by atoms with Crippen molar-refractivity contribution >= 4 is 38.5 Å². The molecule has 2 aliphatic heterocycles. The maximum atomic E-state index is 6.33. The summed E-state index contributed by atoms with van der Waals surface area (Å²) >= 11 is 0. The van der Waals surface area contributed by atoms with Gasteiger partial charge in [-0.25, -0.2) is 0 Å². The molecule has 0 aromatic heterocycles. The van der Waals surface area contributed by atoms with E-state index in [-0.39, 0.29) is 29.0 Å². The molecule has 3 nitrogen and oxygen atoms in total. The van der Waals surface area contributed by atoms with Crippen LogP contribution in [0.25, 0.3) is 0 Å². The van der Waals surface area contributed by atoms with E-state index in [1.165, 1.54) is 11.0 Å². The Morgan fingerprint density at radius 2 is 1.50 bits per heavy atom.